The molecule has 0 bridgehead atoms. The molecule has 0 aromatic heterocycles. The summed E-state index contributed by atoms with van der Waals surface area (Å²) in [5.41, 5.74) is 0. The van der Waals surface area contributed by atoms with Crippen molar-refractivity contribution in [3.8, 4) is 0 Å². The lowest BCUT2D eigenvalue weighted by molar-refractivity contribution is -0.168. The van der Waals surface area contributed by atoms with Crippen molar-refractivity contribution in [2.24, 2.45) is 23.7 Å². The minimum Gasteiger partial charge on any atom is -0.481 e. The van der Waals surface area contributed by atoms with Crippen LogP contribution in [0.5, 0.6) is 0 Å². The summed E-state index contributed by atoms with van der Waals surface area (Å²) in [5, 5.41) is 60.1. The quantitative estimate of drug-likeness (QED) is 0.154. The lowest BCUT2D eigenvalue weighted by Gasteiger charge is -2.46. The van der Waals surface area contributed by atoms with Crippen LogP contribution in [0, 0.1) is 23.7 Å². The summed E-state index contributed by atoms with van der Waals surface area (Å²) < 4.78 is 65.1. The molecule has 9 N–H and O–H groups in total. The van der Waals surface area contributed by atoms with E-state index in [9.17, 15) is 52.3 Å². The number of aliphatic hydroxyl groups is 5. The number of rotatable bonds is 7. The number of carboxylic acid groups (broad SMARTS) is 1. The highest BCUT2D eigenvalue weighted by Crippen LogP contribution is 2.41. The number of hydrogen-bond acceptors (Lipinski definition) is 10. The fourth-order valence-corrected chi connectivity index (χ4v) is 6.24. The van der Waals surface area contributed by atoms with Gasteiger partial charge in [-0.05, 0) is 25.2 Å². The fraction of sp³-hybridized carbons (Fsp3) is 0.933. The molecule has 0 spiro atoms. The topological polar surface area (TPSA) is 259 Å². The summed E-state index contributed by atoms with van der Waals surface area (Å²) in [5.74, 6) is -7.44. The largest absolute Gasteiger partial charge is 0.481 e. The van der Waals surface area contributed by atoms with Crippen molar-refractivity contribution in [1.29, 1.82) is 0 Å². The first-order chi connectivity index (χ1) is 14.0. The number of aliphatic hydroxyl groups excluding tert-OH is 5. The summed E-state index contributed by atoms with van der Waals surface area (Å²) in [4.78, 5) is 11.6. The molecule has 16 heteroatoms. The van der Waals surface area contributed by atoms with Crippen LogP contribution in [0.4, 0.5) is 0 Å². The maximum absolute atomic E-state index is 11.6. The standard InChI is InChI=1S/C15H27NO13S2/c17-9-3-8(15(22)23)7(12(19)13(9)20)2-5-1-6(4-30(24,25)26)11(18)14(21)10(5)16-31(27,28)29/h5-14,16-21H,1-4H2,(H,22,23)(H,24,25,26)(H,27,28,29)/t5-,6?,7-,8?,9+,10?,11-,12+,13?,14-/m0/s1. The molecule has 2 fully saturated rings. The average molecular weight is 494 g/mol. The monoisotopic (exact) mass is 493 g/mol. The van der Waals surface area contributed by atoms with Crippen LogP contribution >= 0.6 is 0 Å². The lowest BCUT2D eigenvalue weighted by Crippen LogP contribution is -2.60. The Bertz CT molecular complexity index is 862. The predicted molar refractivity (Wildman–Crippen MR) is 100 cm³/mol. The Morgan fingerprint density at radius 2 is 1.42 bits per heavy atom. The van der Waals surface area contributed by atoms with Gasteiger partial charge < -0.3 is 30.6 Å². The number of carbonyl (C=O) groups is 1. The third-order valence-corrected chi connectivity index (χ3v) is 7.53. The van der Waals surface area contributed by atoms with Gasteiger partial charge in [0.25, 0.3) is 10.1 Å². The highest BCUT2D eigenvalue weighted by atomic mass is 32.2. The van der Waals surface area contributed by atoms with E-state index in [1.54, 1.807) is 4.72 Å². The molecular formula is C15H27NO13S2. The van der Waals surface area contributed by atoms with Gasteiger partial charge in [-0.25, -0.2) is 0 Å². The van der Waals surface area contributed by atoms with E-state index >= 15 is 0 Å². The fourth-order valence-electron chi connectivity index (χ4n) is 4.69. The van der Waals surface area contributed by atoms with Crippen molar-refractivity contribution >= 4 is 26.4 Å². The van der Waals surface area contributed by atoms with Crippen LogP contribution in [0.25, 0.3) is 0 Å². The summed E-state index contributed by atoms with van der Waals surface area (Å²) in [6.07, 6.45) is -9.93. The van der Waals surface area contributed by atoms with Crippen molar-refractivity contribution in [2.75, 3.05) is 5.75 Å². The van der Waals surface area contributed by atoms with Crippen LogP contribution in [0.15, 0.2) is 0 Å². The molecule has 14 nitrogen and oxygen atoms in total. The van der Waals surface area contributed by atoms with E-state index in [1.165, 1.54) is 0 Å². The minimum atomic E-state index is -4.93. The smallest absolute Gasteiger partial charge is 0.333 e. The van der Waals surface area contributed by atoms with E-state index in [0.717, 1.165) is 0 Å². The van der Waals surface area contributed by atoms with E-state index in [-0.39, 0.29) is 12.8 Å². The molecule has 31 heavy (non-hydrogen) atoms. The Hall–Kier alpha value is -0.950. The molecule has 0 heterocycles. The summed E-state index contributed by atoms with van der Waals surface area (Å²) in [6, 6.07) is -1.60. The van der Waals surface area contributed by atoms with Gasteiger partial charge in [0, 0.05) is 11.8 Å². The normalized spacial score (nSPS) is 42.3. The second-order valence-electron chi connectivity index (χ2n) is 8.23. The Balaban J connectivity index is 2.39. The maximum Gasteiger partial charge on any atom is 0.333 e. The van der Waals surface area contributed by atoms with Gasteiger partial charge in [-0.15, -0.1) is 0 Å². The first-order valence-electron chi connectivity index (χ1n) is 9.35. The SMILES string of the molecule is O=C(O)C1C[C@@H](O)C(O)[C@H](O)[C@H]1C[C@@H]1CC(CS(=O)(=O)O)[C@H](O)[C@@H](O)C1NS(=O)(=O)O. The Labute approximate surface area is 178 Å². The summed E-state index contributed by atoms with van der Waals surface area (Å²) in [6.45, 7) is 0. The number of aliphatic carboxylic acids is 1. The molecule has 10 atom stereocenters. The number of carboxylic acids is 1. The van der Waals surface area contributed by atoms with Gasteiger partial charge in [0.05, 0.1) is 42.1 Å². The first kappa shape index (κ1) is 26.3. The number of hydrogen-bond donors (Lipinski definition) is 9. The zero-order valence-corrected chi connectivity index (χ0v) is 17.7. The molecule has 0 aromatic carbocycles. The minimum absolute atomic E-state index is 0.348. The van der Waals surface area contributed by atoms with Gasteiger partial charge in [0.2, 0.25) is 0 Å². The zero-order valence-electron chi connectivity index (χ0n) is 16.0. The van der Waals surface area contributed by atoms with E-state index in [1.807, 2.05) is 0 Å². The van der Waals surface area contributed by atoms with E-state index in [2.05, 4.69) is 0 Å². The van der Waals surface area contributed by atoms with Crippen LogP contribution in [0.2, 0.25) is 0 Å². The average Bonchev–Trinajstić information content (AvgIpc) is 2.60. The molecule has 2 aliphatic carbocycles. The third kappa shape index (κ3) is 6.53. The molecule has 2 aliphatic rings. The molecule has 0 aliphatic heterocycles. The summed E-state index contributed by atoms with van der Waals surface area (Å²) in [7, 11) is -9.54. The maximum atomic E-state index is 11.6. The van der Waals surface area contributed by atoms with Crippen molar-refractivity contribution in [1.82, 2.24) is 4.72 Å². The van der Waals surface area contributed by atoms with E-state index in [0.29, 0.717) is 0 Å². The molecule has 2 rings (SSSR count). The van der Waals surface area contributed by atoms with Gasteiger partial charge in [-0.2, -0.15) is 21.6 Å². The highest BCUT2D eigenvalue weighted by molar-refractivity contribution is 7.85. The predicted octanol–water partition coefficient (Wildman–Crippen LogP) is -3.81. The van der Waals surface area contributed by atoms with Crippen LogP contribution in [0.1, 0.15) is 19.3 Å². The first-order valence-corrected chi connectivity index (χ1v) is 12.4. The van der Waals surface area contributed by atoms with Crippen molar-refractivity contribution in [3.05, 3.63) is 0 Å². The lowest BCUT2D eigenvalue weighted by atomic mass is 9.66. The molecular weight excluding hydrogens is 466 g/mol. The Kier molecular flexibility index (Phi) is 8.06. The van der Waals surface area contributed by atoms with Crippen molar-refractivity contribution in [2.45, 2.75) is 55.8 Å². The van der Waals surface area contributed by atoms with Crippen LogP contribution in [-0.2, 0) is 25.2 Å². The van der Waals surface area contributed by atoms with Gasteiger partial charge in [0.1, 0.15) is 6.10 Å². The molecule has 182 valence electrons. The van der Waals surface area contributed by atoms with Crippen molar-refractivity contribution in [3.63, 3.8) is 0 Å². The Morgan fingerprint density at radius 1 is 0.839 bits per heavy atom. The molecule has 0 aromatic rings. The molecule has 4 unspecified atom stereocenters. The number of nitrogens with one attached hydrogen (secondary N) is 1. The van der Waals surface area contributed by atoms with E-state index < -0.39 is 98.8 Å². The molecule has 0 radical (unpaired) electrons. The van der Waals surface area contributed by atoms with Crippen molar-refractivity contribution < 1.29 is 61.4 Å². The second kappa shape index (κ2) is 9.50. The summed E-state index contributed by atoms with van der Waals surface area (Å²) >= 11 is 0. The van der Waals surface area contributed by atoms with Gasteiger partial charge in [0.15, 0.2) is 0 Å². The Morgan fingerprint density at radius 3 is 1.90 bits per heavy atom. The molecule has 0 saturated heterocycles. The van der Waals surface area contributed by atoms with Crippen LogP contribution in [-0.4, -0.2) is 105 Å². The van der Waals surface area contributed by atoms with Gasteiger partial charge >= 0.3 is 16.3 Å². The molecule has 0 amide bonds. The second-order valence-corrected chi connectivity index (χ2v) is 10.9. The third-order valence-electron chi connectivity index (χ3n) is 6.11. The van der Waals surface area contributed by atoms with Crippen LogP contribution in [0.3, 0.4) is 0 Å². The van der Waals surface area contributed by atoms with Gasteiger partial charge in [-0.1, -0.05) is 0 Å². The molecule has 2 saturated carbocycles. The van der Waals surface area contributed by atoms with Crippen LogP contribution < -0.4 is 4.72 Å². The van der Waals surface area contributed by atoms with Gasteiger partial charge in [-0.3, -0.25) is 13.9 Å². The zero-order chi connectivity index (χ0) is 23.9. The highest BCUT2D eigenvalue weighted by Gasteiger charge is 2.51. The van der Waals surface area contributed by atoms with E-state index in [4.69, 9.17) is 9.11 Å².